The lowest BCUT2D eigenvalue weighted by Gasteiger charge is -2.17. The highest BCUT2D eigenvalue weighted by atomic mass is 16.1. The Morgan fingerprint density at radius 1 is 1.47 bits per heavy atom. The van der Waals surface area contributed by atoms with Crippen molar-refractivity contribution in [2.45, 2.75) is 25.8 Å². The van der Waals surface area contributed by atoms with Crippen LogP contribution >= 0.6 is 0 Å². The van der Waals surface area contributed by atoms with E-state index in [-0.39, 0.29) is 12.3 Å². The van der Waals surface area contributed by atoms with Gasteiger partial charge in [-0.25, -0.2) is 4.68 Å². The molecule has 0 saturated carbocycles. The van der Waals surface area contributed by atoms with E-state index in [2.05, 4.69) is 20.8 Å². The predicted octanol–water partition coefficient (Wildman–Crippen LogP) is 0.728. The highest BCUT2D eigenvalue weighted by Crippen LogP contribution is 2.14. The third kappa shape index (κ3) is 3.85. The zero-order chi connectivity index (χ0) is 13.9. The second-order valence-electron chi connectivity index (χ2n) is 5.02. The number of nitrogens with one attached hydrogen (secondary N) is 1. The van der Waals surface area contributed by atoms with Gasteiger partial charge in [0, 0.05) is 17.6 Å². The fourth-order valence-corrected chi connectivity index (χ4v) is 1.62. The Bertz CT molecular complexity index is 558. The van der Waals surface area contributed by atoms with E-state index < -0.39 is 5.54 Å². The van der Waals surface area contributed by atoms with Crippen LogP contribution in [-0.4, -0.2) is 31.7 Å². The molecule has 2 aromatic rings. The summed E-state index contributed by atoms with van der Waals surface area (Å²) in [5, 5.41) is 13.7. The maximum Gasteiger partial charge on any atom is 0.226 e. The van der Waals surface area contributed by atoms with Crippen molar-refractivity contribution in [1.82, 2.24) is 20.2 Å². The number of tetrazole rings is 1. The first-order valence-corrected chi connectivity index (χ1v) is 5.86. The first-order valence-electron chi connectivity index (χ1n) is 5.86. The van der Waals surface area contributed by atoms with Gasteiger partial charge in [-0.05, 0) is 42.5 Å². The highest BCUT2D eigenvalue weighted by molar-refractivity contribution is 5.91. The summed E-state index contributed by atoms with van der Waals surface area (Å²) in [6.07, 6.45) is 1.74. The van der Waals surface area contributed by atoms with Gasteiger partial charge in [0.1, 0.15) is 6.33 Å². The number of benzene rings is 1. The number of rotatable bonds is 4. The summed E-state index contributed by atoms with van der Waals surface area (Å²) in [5.41, 5.74) is 6.73. The summed E-state index contributed by atoms with van der Waals surface area (Å²) in [7, 11) is 0. The molecule has 1 heterocycles. The van der Waals surface area contributed by atoms with Crippen molar-refractivity contribution >= 4 is 11.6 Å². The van der Waals surface area contributed by atoms with Gasteiger partial charge in [-0.15, -0.1) is 5.10 Å². The number of aromatic nitrogens is 4. The molecule has 3 N–H and O–H groups in total. The Morgan fingerprint density at radius 3 is 2.89 bits per heavy atom. The van der Waals surface area contributed by atoms with Gasteiger partial charge in [-0.1, -0.05) is 6.07 Å². The van der Waals surface area contributed by atoms with E-state index in [1.54, 1.807) is 12.1 Å². The van der Waals surface area contributed by atoms with E-state index in [4.69, 9.17) is 5.73 Å². The molecule has 1 aromatic carbocycles. The Labute approximate surface area is 110 Å². The Kier molecular flexibility index (Phi) is 3.57. The topological polar surface area (TPSA) is 98.7 Å². The van der Waals surface area contributed by atoms with Gasteiger partial charge >= 0.3 is 0 Å². The van der Waals surface area contributed by atoms with Gasteiger partial charge in [-0.3, -0.25) is 4.79 Å². The van der Waals surface area contributed by atoms with E-state index in [0.29, 0.717) is 5.69 Å². The number of hydrogen-bond acceptors (Lipinski definition) is 5. The maximum atomic E-state index is 11.8. The second-order valence-corrected chi connectivity index (χ2v) is 5.02. The molecule has 0 atom stereocenters. The number of carbonyl (C=O) groups excluding carboxylic acids is 1. The summed E-state index contributed by atoms with van der Waals surface area (Å²) < 4.78 is 1.52. The lowest BCUT2D eigenvalue weighted by atomic mass is 10.0. The third-order valence-electron chi connectivity index (χ3n) is 2.36. The van der Waals surface area contributed by atoms with Gasteiger partial charge in [0.05, 0.1) is 5.69 Å². The molecule has 7 heteroatoms. The van der Waals surface area contributed by atoms with Crippen molar-refractivity contribution in [2.24, 2.45) is 5.73 Å². The van der Waals surface area contributed by atoms with Crippen molar-refractivity contribution in [2.75, 3.05) is 5.32 Å². The standard InChI is InChI=1S/C12H16N6O/c1-12(2,13)7-11(19)15-9-4-3-5-10(6-9)18-8-14-16-17-18/h3-6,8H,7,13H2,1-2H3,(H,15,19). The number of nitrogens with zero attached hydrogens (tertiary/aromatic N) is 4. The average molecular weight is 260 g/mol. The Morgan fingerprint density at radius 2 is 2.26 bits per heavy atom. The molecule has 0 bridgehead atoms. The number of nitrogens with two attached hydrogens (primary N) is 1. The van der Waals surface area contributed by atoms with Gasteiger partial charge in [0.25, 0.3) is 0 Å². The molecule has 7 nitrogen and oxygen atoms in total. The van der Waals surface area contributed by atoms with E-state index in [0.717, 1.165) is 5.69 Å². The molecule has 19 heavy (non-hydrogen) atoms. The van der Waals surface area contributed by atoms with Crippen LogP contribution in [0, 0.1) is 0 Å². The van der Waals surface area contributed by atoms with Crippen LogP contribution in [0.5, 0.6) is 0 Å². The number of amides is 1. The minimum absolute atomic E-state index is 0.124. The first-order chi connectivity index (χ1) is 8.94. The summed E-state index contributed by atoms with van der Waals surface area (Å²) in [6.45, 7) is 3.62. The predicted molar refractivity (Wildman–Crippen MR) is 70.7 cm³/mol. The molecule has 0 fully saturated rings. The quantitative estimate of drug-likeness (QED) is 0.844. The molecule has 1 amide bonds. The normalized spacial score (nSPS) is 11.3. The van der Waals surface area contributed by atoms with Crippen molar-refractivity contribution < 1.29 is 4.79 Å². The molecular formula is C12H16N6O. The minimum atomic E-state index is -0.530. The molecular weight excluding hydrogens is 244 g/mol. The number of carbonyl (C=O) groups is 1. The summed E-state index contributed by atoms with van der Waals surface area (Å²) in [6, 6.07) is 7.26. The Balaban J connectivity index is 2.10. The zero-order valence-electron chi connectivity index (χ0n) is 10.9. The first kappa shape index (κ1) is 13.2. The molecule has 0 aliphatic carbocycles. The van der Waals surface area contributed by atoms with Crippen LogP contribution in [0.4, 0.5) is 5.69 Å². The molecule has 0 radical (unpaired) electrons. The molecule has 0 unspecified atom stereocenters. The summed E-state index contributed by atoms with van der Waals surface area (Å²) in [4.78, 5) is 11.8. The SMILES string of the molecule is CC(C)(N)CC(=O)Nc1cccc(-n2cnnn2)c1. The van der Waals surface area contributed by atoms with E-state index >= 15 is 0 Å². The van der Waals surface area contributed by atoms with Crippen LogP contribution in [0.3, 0.4) is 0 Å². The molecule has 100 valence electrons. The number of anilines is 1. The van der Waals surface area contributed by atoms with E-state index in [1.807, 2.05) is 26.0 Å². The van der Waals surface area contributed by atoms with Crippen molar-refractivity contribution in [3.05, 3.63) is 30.6 Å². The lowest BCUT2D eigenvalue weighted by Crippen LogP contribution is -2.36. The van der Waals surface area contributed by atoms with Crippen LogP contribution in [-0.2, 0) is 4.79 Å². The highest BCUT2D eigenvalue weighted by Gasteiger charge is 2.16. The molecule has 1 aromatic heterocycles. The Hall–Kier alpha value is -2.28. The van der Waals surface area contributed by atoms with Crippen LogP contribution in [0.25, 0.3) is 5.69 Å². The van der Waals surface area contributed by atoms with Gasteiger partial charge < -0.3 is 11.1 Å². The molecule has 0 saturated heterocycles. The van der Waals surface area contributed by atoms with E-state index in [9.17, 15) is 4.79 Å². The fourth-order valence-electron chi connectivity index (χ4n) is 1.62. The second kappa shape index (κ2) is 5.15. The van der Waals surface area contributed by atoms with Crippen LogP contribution in [0.15, 0.2) is 30.6 Å². The van der Waals surface area contributed by atoms with Crippen molar-refractivity contribution in [3.63, 3.8) is 0 Å². The number of hydrogen-bond donors (Lipinski definition) is 2. The summed E-state index contributed by atoms with van der Waals surface area (Å²) in [5.74, 6) is -0.124. The summed E-state index contributed by atoms with van der Waals surface area (Å²) >= 11 is 0. The van der Waals surface area contributed by atoms with Crippen molar-refractivity contribution in [1.29, 1.82) is 0 Å². The van der Waals surface area contributed by atoms with Gasteiger partial charge in [-0.2, -0.15) is 0 Å². The molecule has 0 aliphatic rings. The molecule has 0 aliphatic heterocycles. The fraction of sp³-hybridized carbons (Fsp3) is 0.333. The maximum absolute atomic E-state index is 11.8. The van der Waals surface area contributed by atoms with Gasteiger partial charge in [0.15, 0.2) is 0 Å². The molecule has 0 spiro atoms. The monoisotopic (exact) mass is 260 g/mol. The minimum Gasteiger partial charge on any atom is -0.326 e. The van der Waals surface area contributed by atoms with Crippen LogP contribution in [0.2, 0.25) is 0 Å². The van der Waals surface area contributed by atoms with Crippen LogP contribution in [0.1, 0.15) is 20.3 Å². The lowest BCUT2D eigenvalue weighted by molar-refractivity contribution is -0.117. The average Bonchev–Trinajstić information content (AvgIpc) is 2.79. The van der Waals surface area contributed by atoms with Crippen LogP contribution < -0.4 is 11.1 Å². The van der Waals surface area contributed by atoms with E-state index in [1.165, 1.54) is 11.0 Å². The zero-order valence-corrected chi connectivity index (χ0v) is 10.9. The smallest absolute Gasteiger partial charge is 0.226 e. The molecule has 2 rings (SSSR count). The largest absolute Gasteiger partial charge is 0.326 e. The van der Waals surface area contributed by atoms with Crippen molar-refractivity contribution in [3.8, 4) is 5.69 Å². The van der Waals surface area contributed by atoms with Gasteiger partial charge in [0.2, 0.25) is 5.91 Å². The third-order valence-corrected chi connectivity index (χ3v) is 2.36.